The van der Waals surface area contributed by atoms with Gasteiger partial charge in [0.25, 0.3) is 0 Å². The van der Waals surface area contributed by atoms with Gasteiger partial charge in [0.15, 0.2) is 0 Å². The molecule has 0 spiro atoms. The molecule has 0 amide bonds. The quantitative estimate of drug-likeness (QED) is 0.699. The van der Waals surface area contributed by atoms with Gasteiger partial charge in [-0.05, 0) is 0 Å². The molecule has 1 heterocycles. The highest BCUT2D eigenvalue weighted by Gasteiger charge is 2.09. The van der Waals surface area contributed by atoms with Crippen molar-refractivity contribution in [3.05, 3.63) is 12.3 Å². The van der Waals surface area contributed by atoms with E-state index in [2.05, 4.69) is 14.2 Å². The first-order chi connectivity index (χ1) is 6.38. The molecule has 7 nitrogen and oxygen atoms in total. The van der Waals surface area contributed by atoms with Crippen molar-refractivity contribution in [3.8, 4) is 5.88 Å². The predicted molar refractivity (Wildman–Crippen MR) is 48.5 cm³/mol. The van der Waals surface area contributed by atoms with E-state index in [1.54, 1.807) is 19.0 Å². The van der Waals surface area contributed by atoms with Crippen LogP contribution in [0.2, 0.25) is 0 Å². The van der Waals surface area contributed by atoms with Crippen molar-refractivity contribution < 1.29 is 17.2 Å². The van der Waals surface area contributed by atoms with Gasteiger partial charge >= 0.3 is 10.4 Å². The number of rotatable bonds is 3. The standard InChI is InChI=1S/C6H9N3O4S/c1-9(2)6-7-4-3-5(8-6)13-14(10,11)12/h3-4H,1-2H3,(H,10,11,12). The van der Waals surface area contributed by atoms with Crippen LogP contribution in [0.4, 0.5) is 5.95 Å². The van der Waals surface area contributed by atoms with Crippen LogP contribution in [0.15, 0.2) is 12.3 Å². The fraction of sp³-hybridized carbons (Fsp3) is 0.333. The van der Waals surface area contributed by atoms with E-state index in [-0.39, 0.29) is 11.8 Å². The lowest BCUT2D eigenvalue weighted by Gasteiger charge is -2.09. The van der Waals surface area contributed by atoms with E-state index in [4.69, 9.17) is 4.55 Å². The van der Waals surface area contributed by atoms with Crippen molar-refractivity contribution in [1.82, 2.24) is 9.97 Å². The Bertz CT molecular complexity index is 417. The van der Waals surface area contributed by atoms with Crippen LogP contribution in [0, 0.1) is 0 Å². The van der Waals surface area contributed by atoms with Crippen molar-refractivity contribution in [1.29, 1.82) is 0 Å². The number of hydrogen-bond donors (Lipinski definition) is 1. The van der Waals surface area contributed by atoms with Gasteiger partial charge in [-0.1, -0.05) is 0 Å². The molecule has 0 unspecified atom stereocenters. The Labute approximate surface area is 81.3 Å². The minimum atomic E-state index is -4.53. The first-order valence-corrected chi connectivity index (χ1v) is 4.92. The van der Waals surface area contributed by atoms with Crippen LogP contribution in [0.1, 0.15) is 0 Å². The second kappa shape index (κ2) is 3.76. The lowest BCUT2D eigenvalue weighted by molar-refractivity contribution is 0.381. The van der Waals surface area contributed by atoms with Crippen LogP contribution in [0.25, 0.3) is 0 Å². The normalized spacial score (nSPS) is 11.1. The maximum atomic E-state index is 10.3. The third kappa shape index (κ3) is 3.15. The van der Waals surface area contributed by atoms with Crippen molar-refractivity contribution in [3.63, 3.8) is 0 Å². The van der Waals surface area contributed by atoms with E-state index in [1.807, 2.05) is 0 Å². The summed E-state index contributed by atoms with van der Waals surface area (Å²) in [5, 5.41) is 0. The SMILES string of the molecule is CN(C)c1nccc(OS(=O)(=O)O)n1. The summed E-state index contributed by atoms with van der Waals surface area (Å²) in [6.07, 6.45) is 1.32. The zero-order valence-electron chi connectivity index (χ0n) is 7.58. The monoisotopic (exact) mass is 219 g/mol. The minimum Gasteiger partial charge on any atom is -0.347 e. The second-order valence-electron chi connectivity index (χ2n) is 2.60. The third-order valence-electron chi connectivity index (χ3n) is 1.21. The Kier molecular flexibility index (Phi) is 2.87. The van der Waals surface area contributed by atoms with E-state index in [9.17, 15) is 8.42 Å². The van der Waals surface area contributed by atoms with Gasteiger partial charge in [-0.2, -0.15) is 13.4 Å². The fourth-order valence-corrected chi connectivity index (χ4v) is 1.01. The molecular formula is C6H9N3O4S. The molecule has 1 aromatic heterocycles. The fourth-order valence-electron chi connectivity index (χ4n) is 0.702. The number of anilines is 1. The van der Waals surface area contributed by atoms with Crippen LogP contribution in [-0.4, -0.2) is 37.0 Å². The largest absolute Gasteiger partial charge is 0.447 e. The Balaban J connectivity index is 2.95. The zero-order chi connectivity index (χ0) is 10.8. The summed E-state index contributed by atoms with van der Waals surface area (Å²) in [5.74, 6) is 0.0531. The average Bonchev–Trinajstić information content (AvgIpc) is 2.01. The first kappa shape index (κ1) is 10.7. The summed E-state index contributed by atoms with van der Waals surface area (Å²) in [6.45, 7) is 0. The van der Waals surface area contributed by atoms with E-state index in [0.717, 1.165) is 0 Å². The van der Waals surface area contributed by atoms with E-state index >= 15 is 0 Å². The second-order valence-corrected chi connectivity index (χ2v) is 3.62. The first-order valence-electron chi connectivity index (χ1n) is 3.56. The van der Waals surface area contributed by atoms with Crippen LogP contribution in [-0.2, 0) is 10.4 Å². The van der Waals surface area contributed by atoms with Gasteiger partial charge in [0.2, 0.25) is 11.8 Å². The maximum absolute atomic E-state index is 10.3. The summed E-state index contributed by atoms with van der Waals surface area (Å²) in [5.41, 5.74) is 0. The van der Waals surface area contributed by atoms with E-state index in [1.165, 1.54) is 12.3 Å². The molecule has 14 heavy (non-hydrogen) atoms. The van der Waals surface area contributed by atoms with Crippen LogP contribution in [0.3, 0.4) is 0 Å². The van der Waals surface area contributed by atoms with Crippen molar-refractivity contribution in [2.24, 2.45) is 0 Å². The average molecular weight is 219 g/mol. The lowest BCUT2D eigenvalue weighted by atomic mass is 10.6. The molecule has 0 atom stereocenters. The minimum absolute atomic E-state index is 0.230. The summed E-state index contributed by atoms with van der Waals surface area (Å²) < 4.78 is 33.2. The maximum Gasteiger partial charge on any atom is 0.447 e. The molecule has 1 aromatic rings. The molecule has 0 aliphatic carbocycles. The van der Waals surface area contributed by atoms with Gasteiger partial charge in [0.1, 0.15) is 0 Å². The molecule has 1 rings (SSSR count). The Hall–Kier alpha value is -1.41. The lowest BCUT2D eigenvalue weighted by Crippen LogP contribution is -2.14. The molecule has 0 bridgehead atoms. The third-order valence-corrected chi connectivity index (χ3v) is 1.59. The molecule has 0 saturated carbocycles. The van der Waals surface area contributed by atoms with Crippen molar-refractivity contribution in [2.75, 3.05) is 19.0 Å². The number of aromatic nitrogens is 2. The van der Waals surface area contributed by atoms with Gasteiger partial charge in [-0.25, -0.2) is 4.98 Å². The van der Waals surface area contributed by atoms with Gasteiger partial charge in [0.05, 0.1) is 0 Å². The van der Waals surface area contributed by atoms with Crippen LogP contribution >= 0.6 is 0 Å². The Morgan fingerprint density at radius 3 is 2.64 bits per heavy atom. The van der Waals surface area contributed by atoms with Gasteiger partial charge < -0.3 is 9.08 Å². The van der Waals surface area contributed by atoms with Crippen molar-refractivity contribution >= 4 is 16.3 Å². The molecule has 0 aliphatic rings. The molecule has 78 valence electrons. The Morgan fingerprint density at radius 2 is 2.14 bits per heavy atom. The van der Waals surface area contributed by atoms with Gasteiger partial charge in [-0.15, -0.1) is 0 Å². The highest BCUT2D eigenvalue weighted by Crippen LogP contribution is 2.11. The van der Waals surface area contributed by atoms with Crippen LogP contribution < -0.4 is 9.08 Å². The summed E-state index contributed by atoms with van der Waals surface area (Å²) >= 11 is 0. The van der Waals surface area contributed by atoms with E-state index < -0.39 is 10.4 Å². The molecule has 0 aliphatic heterocycles. The molecule has 1 N–H and O–H groups in total. The van der Waals surface area contributed by atoms with E-state index in [0.29, 0.717) is 0 Å². The Morgan fingerprint density at radius 1 is 1.50 bits per heavy atom. The number of hydrogen-bond acceptors (Lipinski definition) is 6. The molecule has 0 saturated heterocycles. The summed E-state index contributed by atoms with van der Waals surface area (Å²) in [4.78, 5) is 9.10. The van der Waals surface area contributed by atoms with Crippen LogP contribution in [0.5, 0.6) is 5.88 Å². The number of nitrogens with zero attached hydrogens (tertiary/aromatic N) is 3. The summed E-state index contributed by atoms with van der Waals surface area (Å²) in [7, 11) is -1.15. The van der Waals surface area contributed by atoms with Gasteiger partial charge in [0, 0.05) is 26.4 Å². The smallest absolute Gasteiger partial charge is 0.347 e. The summed E-state index contributed by atoms with van der Waals surface area (Å²) in [6, 6.07) is 1.22. The molecule has 0 radical (unpaired) electrons. The van der Waals surface area contributed by atoms with Crippen molar-refractivity contribution in [2.45, 2.75) is 0 Å². The molecular weight excluding hydrogens is 210 g/mol. The predicted octanol–water partition coefficient (Wildman–Crippen LogP) is -0.276. The molecule has 0 fully saturated rings. The zero-order valence-corrected chi connectivity index (χ0v) is 8.39. The van der Waals surface area contributed by atoms with Gasteiger partial charge in [-0.3, -0.25) is 4.55 Å². The topological polar surface area (TPSA) is 92.6 Å². The molecule has 8 heteroatoms. The molecule has 0 aromatic carbocycles. The highest BCUT2D eigenvalue weighted by atomic mass is 32.3. The highest BCUT2D eigenvalue weighted by molar-refractivity contribution is 7.81.